The number of hydrogen-bond acceptors (Lipinski definition) is 4. The maximum Gasteiger partial charge on any atom is 0.137 e. The molecule has 1 atom stereocenters. The minimum absolute atomic E-state index is 0.183. The molecule has 0 bridgehead atoms. The SMILES string of the molecule is CC(C)C(C)(O)CNCc1cnc2ccc(C#N)cn12. The molecular formula is C15H20N4O. The van der Waals surface area contributed by atoms with E-state index in [0.717, 1.165) is 11.3 Å². The third-order valence-corrected chi connectivity index (χ3v) is 3.74. The summed E-state index contributed by atoms with van der Waals surface area (Å²) < 4.78 is 1.90. The quantitative estimate of drug-likeness (QED) is 0.869. The van der Waals surface area contributed by atoms with Crippen molar-refractivity contribution in [2.75, 3.05) is 6.54 Å². The van der Waals surface area contributed by atoms with Gasteiger partial charge < -0.3 is 14.8 Å². The van der Waals surface area contributed by atoms with Crippen molar-refractivity contribution in [1.82, 2.24) is 14.7 Å². The first-order chi connectivity index (χ1) is 9.44. The van der Waals surface area contributed by atoms with Crippen LogP contribution in [0.25, 0.3) is 5.65 Å². The first kappa shape index (κ1) is 14.5. The fraction of sp³-hybridized carbons (Fsp3) is 0.467. The van der Waals surface area contributed by atoms with Crippen molar-refractivity contribution in [3.05, 3.63) is 35.8 Å². The standard InChI is InChI=1S/C15H20N4O/c1-11(2)15(3,20)10-17-7-13-8-18-14-5-4-12(6-16)9-19(13)14/h4-5,8-9,11,17,20H,7,10H2,1-3H3. The molecule has 0 aliphatic carbocycles. The minimum atomic E-state index is -0.738. The van der Waals surface area contributed by atoms with Gasteiger partial charge in [0.15, 0.2) is 0 Å². The number of rotatable bonds is 5. The number of imidazole rings is 1. The molecule has 1 unspecified atom stereocenters. The topological polar surface area (TPSA) is 73.3 Å². The van der Waals surface area contributed by atoms with Crippen LogP contribution in [0.3, 0.4) is 0 Å². The van der Waals surface area contributed by atoms with Gasteiger partial charge in [-0.05, 0) is 25.0 Å². The molecule has 0 saturated carbocycles. The van der Waals surface area contributed by atoms with Gasteiger partial charge in [-0.15, -0.1) is 0 Å². The Morgan fingerprint density at radius 2 is 2.25 bits per heavy atom. The van der Waals surface area contributed by atoms with Gasteiger partial charge in [0.05, 0.1) is 23.1 Å². The van der Waals surface area contributed by atoms with Crippen molar-refractivity contribution in [2.24, 2.45) is 5.92 Å². The summed E-state index contributed by atoms with van der Waals surface area (Å²) in [6.45, 7) is 6.92. The number of hydrogen-bond donors (Lipinski definition) is 2. The third kappa shape index (κ3) is 2.98. The highest BCUT2D eigenvalue weighted by molar-refractivity contribution is 5.44. The molecule has 0 aliphatic rings. The normalized spacial score (nSPS) is 14.4. The Bertz CT molecular complexity index is 637. The molecule has 2 heterocycles. The molecule has 20 heavy (non-hydrogen) atoms. The van der Waals surface area contributed by atoms with Gasteiger partial charge in [-0.2, -0.15) is 5.26 Å². The molecule has 2 aromatic rings. The van der Waals surface area contributed by atoms with Crippen molar-refractivity contribution >= 4 is 5.65 Å². The van der Waals surface area contributed by atoms with E-state index in [1.807, 2.05) is 31.2 Å². The Balaban J connectivity index is 2.09. The predicted molar refractivity (Wildman–Crippen MR) is 77.1 cm³/mol. The second-order valence-corrected chi connectivity index (χ2v) is 5.62. The van der Waals surface area contributed by atoms with Gasteiger partial charge in [-0.25, -0.2) is 4.98 Å². The maximum atomic E-state index is 10.2. The number of nitrogens with zero attached hydrogens (tertiary/aromatic N) is 3. The van der Waals surface area contributed by atoms with Crippen LogP contribution in [0, 0.1) is 17.2 Å². The zero-order chi connectivity index (χ0) is 14.8. The van der Waals surface area contributed by atoms with Gasteiger partial charge in [-0.1, -0.05) is 13.8 Å². The Morgan fingerprint density at radius 1 is 1.50 bits per heavy atom. The molecule has 0 amide bonds. The van der Waals surface area contributed by atoms with Crippen LogP contribution in [0.4, 0.5) is 0 Å². The van der Waals surface area contributed by atoms with Gasteiger partial charge in [0.1, 0.15) is 11.7 Å². The molecule has 0 saturated heterocycles. The highest BCUT2D eigenvalue weighted by Crippen LogP contribution is 2.15. The largest absolute Gasteiger partial charge is 0.389 e. The Kier molecular flexibility index (Phi) is 4.07. The highest BCUT2D eigenvalue weighted by Gasteiger charge is 2.24. The van der Waals surface area contributed by atoms with Crippen LogP contribution in [0.5, 0.6) is 0 Å². The van der Waals surface area contributed by atoms with Crippen LogP contribution in [0.15, 0.2) is 24.5 Å². The Labute approximate surface area is 118 Å². The lowest BCUT2D eigenvalue weighted by molar-refractivity contribution is 0.0139. The van der Waals surface area contributed by atoms with Gasteiger partial charge >= 0.3 is 0 Å². The lowest BCUT2D eigenvalue weighted by Gasteiger charge is -2.27. The summed E-state index contributed by atoms with van der Waals surface area (Å²) in [6, 6.07) is 5.70. The van der Waals surface area contributed by atoms with Crippen LogP contribution in [0.2, 0.25) is 0 Å². The fourth-order valence-corrected chi connectivity index (χ4v) is 1.88. The summed E-state index contributed by atoms with van der Waals surface area (Å²) in [4.78, 5) is 4.30. The van der Waals surface area contributed by atoms with Gasteiger partial charge in [0.25, 0.3) is 0 Å². The van der Waals surface area contributed by atoms with Crippen LogP contribution in [0.1, 0.15) is 32.0 Å². The molecule has 0 aliphatic heterocycles. The summed E-state index contributed by atoms with van der Waals surface area (Å²) >= 11 is 0. The molecule has 0 aromatic carbocycles. The molecule has 2 aromatic heterocycles. The number of aliphatic hydroxyl groups is 1. The van der Waals surface area contributed by atoms with Crippen molar-refractivity contribution in [1.29, 1.82) is 5.26 Å². The third-order valence-electron chi connectivity index (χ3n) is 3.74. The van der Waals surface area contributed by atoms with E-state index in [2.05, 4.69) is 16.4 Å². The molecule has 5 heteroatoms. The van der Waals surface area contributed by atoms with Crippen LogP contribution in [-0.4, -0.2) is 26.6 Å². The molecule has 0 radical (unpaired) electrons. The fourth-order valence-electron chi connectivity index (χ4n) is 1.88. The van der Waals surface area contributed by atoms with Gasteiger partial charge in [-0.3, -0.25) is 0 Å². The summed E-state index contributed by atoms with van der Waals surface area (Å²) in [5.41, 5.74) is 1.65. The minimum Gasteiger partial charge on any atom is -0.389 e. The average Bonchev–Trinajstić information content (AvgIpc) is 2.81. The molecule has 2 N–H and O–H groups in total. The average molecular weight is 272 g/mol. The van der Waals surface area contributed by atoms with Crippen LogP contribution < -0.4 is 5.32 Å². The number of fused-ring (bicyclic) bond motifs is 1. The highest BCUT2D eigenvalue weighted by atomic mass is 16.3. The first-order valence-electron chi connectivity index (χ1n) is 6.73. The van der Waals surface area contributed by atoms with E-state index in [1.54, 1.807) is 18.5 Å². The van der Waals surface area contributed by atoms with Crippen molar-refractivity contribution in [2.45, 2.75) is 32.9 Å². The monoisotopic (exact) mass is 272 g/mol. The van der Waals surface area contributed by atoms with E-state index in [9.17, 15) is 5.11 Å². The second-order valence-electron chi connectivity index (χ2n) is 5.62. The molecule has 106 valence electrons. The number of pyridine rings is 1. The maximum absolute atomic E-state index is 10.2. The van der Waals surface area contributed by atoms with E-state index in [4.69, 9.17) is 5.26 Å². The second kappa shape index (κ2) is 5.61. The van der Waals surface area contributed by atoms with E-state index < -0.39 is 5.60 Å². The van der Waals surface area contributed by atoms with Gasteiger partial charge in [0.2, 0.25) is 0 Å². The van der Waals surface area contributed by atoms with Crippen molar-refractivity contribution < 1.29 is 5.11 Å². The summed E-state index contributed by atoms with van der Waals surface area (Å²) in [5, 5.41) is 22.4. The van der Waals surface area contributed by atoms with Crippen LogP contribution in [-0.2, 0) is 6.54 Å². The Hall–Kier alpha value is -1.90. The molecule has 5 nitrogen and oxygen atoms in total. The Morgan fingerprint density at radius 3 is 2.90 bits per heavy atom. The number of nitrogens with one attached hydrogen (secondary N) is 1. The zero-order valence-electron chi connectivity index (χ0n) is 12.1. The van der Waals surface area contributed by atoms with Crippen molar-refractivity contribution in [3.8, 4) is 6.07 Å². The summed E-state index contributed by atoms with van der Waals surface area (Å²) in [7, 11) is 0. The summed E-state index contributed by atoms with van der Waals surface area (Å²) in [6.07, 6.45) is 3.56. The smallest absolute Gasteiger partial charge is 0.137 e. The van der Waals surface area contributed by atoms with E-state index in [1.165, 1.54) is 0 Å². The number of aromatic nitrogens is 2. The van der Waals surface area contributed by atoms with Crippen molar-refractivity contribution in [3.63, 3.8) is 0 Å². The summed E-state index contributed by atoms with van der Waals surface area (Å²) in [5.74, 6) is 0.183. The zero-order valence-corrected chi connectivity index (χ0v) is 12.1. The van der Waals surface area contributed by atoms with E-state index in [-0.39, 0.29) is 5.92 Å². The van der Waals surface area contributed by atoms with E-state index >= 15 is 0 Å². The lowest BCUT2D eigenvalue weighted by Crippen LogP contribution is -2.42. The number of nitriles is 1. The molecular weight excluding hydrogens is 252 g/mol. The first-order valence-corrected chi connectivity index (χ1v) is 6.73. The van der Waals surface area contributed by atoms with E-state index in [0.29, 0.717) is 18.7 Å². The molecule has 2 rings (SSSR count). The van der Waals surface area contributed by atoms with Crippen LogP contribution >= 0.6 is 0 Å². The van der Waals surface area contributed by atoms with Gasteiger partial charge in [0, 0.05) is 19.3 Å². The molecule has 0 spiro atoms. The predicted octanol–water partition coefficient (Wildman–Crippen LogP) is 1.70. The molecule has 0 fully saturated rings. The lowest BCUT2D eigenvalue weighted by atomic mass is 9.92.